The molecule has 1 aliphatic rings. The lowest BCUT2D eigenvalue weighted by atomic mass is 9.95. The second kappa shape index (κ2) is 13.0. The molecular formula is C26H36N8O3. The average Bonchev–Trinajstić information content (AvgIpc) is 2.95. The average molecular weight is 509 g/mol. The van der Waals surface area contributed by atoms with Gasteiger partial charge in [-0.15, -0.1) is 0 Å². The summed E-state index contributed by atoms with van der Waals surface area (Å²) in [7, 11) is 3.53. The molecule has 1 saturated carbocycles. The van der Waals surface area contributed by atoms with E-state index in [1.54, 1.807) is 13.2 Å². The van der Waals surface area contributed by atoms with Crippen LogP contribution in [0.2, 0.25) is 0 Å². The Balaban J connectivity index is 1.33. The maximum atomic E-state index is 10.8. The number of ether oxygens (including phenoxy) is 1. The molecule has 4 rings (SSSR count). The fraction of sp³-hybridized carbons (Fsp3) is 0.462. The third-order valence-electron chi connectivity index (χ3n) is 6.57. The molecule has 2 aromatic heterocycles. The van der Waals surface area contributed by atoms with Gasteiger partial charge >= 0.3 is 0 Å². The lowest BCUT2D eigenvalue weighted by Crippen LogP contribution is -2.41. The number of nitrogens with zero attached hydrogens (tertiary/aromatic N) is 5. The molecule has 11 nitrogen and oxygen atoms in total. The van der Waals surface area contributed by atoms with E-state index in [4.69, 9.17) is 4.74 Å². The summed E-state index contributed by atoms with van der Waals surface area (Å²) in [5, 5.41) is 30.4. The van der Waals surface area contributed by atoms with E-state index >= 15 is 0 Å². The van der Waals surface area contributed by atoms with Crippen LogP contribution in [0.3, 0.4) is 0 Å². The standard InChI is InChI=1S/C26H36N8O3/c1-34(19-8-10-20(37-2)11-9-19)26-13-25(30-17-31-26)33-21(15-35)22(36)14-27-23-12-24(29-16-28-23)32-18-6-4-3-5-7-18/h8-13,16-18,21-22,35-36H,3-7,14-15H2,1-2H3,(H,30,31,33)(H2,27,28,29,32). The molecule has 0 radical (unpaired) electrons. The molecule has 11 heteroatoms. The zero-order valence-electron chi connectivity index (χ0n) is 21.3. The van der Waals surface area contributed by atoms with Gasteiger partial charge in [0.15, 0.2) is 0 Å². The van der Waals surface area contributed by atoms with Crippen molar-refractivity contribution in [3.05, 3.63) is 49.1 Å². The van der Waals surface area contributed by atoms with Gasteiger partial charge in [-0.1, -0.05) is 19.3 Å². The Morgan fingerprint density at radius 1 is 0.973 bits per heavy atom. The lowest BCUT2D eigenvalue weighted by Gasteiger charge is -2.25. The first-order valence-corrected chi connectivity index (χ1v) is 12.6. The predicted molar refractivity (Wildman–Crippen MR) is 145 cm³/mol. The van der Waals surface area contributed by atoms with Gasteiger partial charge in [0, 0.05) is 37.5 Å². The highest BCUT2D eigenvalue weighted by atomic mass is 16.5. The highest BCUT2D eigenvalue weighted by molar-refractivity contribution is 5.62. The molecule has 2 unspecified atom stereocenters. The molecule has 198 valence electrons. The molecule has 0 saturated heterocycles. The quantitative estimate of drug-likeness (QED) is 0.246. The molecule has 0 spiro atoms. The number of nitrogens with one attached hydrogen (secondary N) is 3. The number of aliphatic hydroxyl groups excluding tert-OH is 2. The summed E-state index contributed by atoms with van der Waals surface area (Å²) in [6, 6.07) is 11.0. The number of anilines is 5. The van der Waals surface area contributed by atoms with Crippen molar-refractivity contribution in [1.29, 1.82) is 0 Å². The van der Waals surface area contributed by atoms with Crippen LogP contribution in [0.25, 0.3) is 0 Å². The van der Waals surface area contributed by atoms with E-state index in [0.717, 1.165) is 30.1 Å². The second-order valence-electron chi connectivity index (χ2n) is 9.17. The van der Waals surface area contributed by atoms with Gasteiger partial charge in [0.05, 0.1) is 25.9 Å². The number of aromatic nitrogens is 4. The number of benzene rings is 1. The molecule has 5 N–H and O–H groups in total. The Labute approximate surface area is 217 Å². The van der Waals surface area contributed by atoms with Gasteiger partial charge in [-0.05, 0) is 37.1 Å². The molecule has 37 heavy (non-hydrogen) atoms. The van der Waals surface area contributed by atoms with Crippen molar-refractivity contribution in [3.63, 3.8) is 0 Å². The van der Waals surface area contributed by atoms with Crippen molar-refractivity contribution in [2.45, 2.75) is 50.3 Å². The van der Waals surface area contributed by atoms with E-state index in [-0.39, 0.29) is 13.2 Å². The van der Waals surface area contributed by atoms with E-state index in [2.05, 4.69) is 35.9 Å². The predicted octanol–water partition coefficient (Wildman–Crippen LogP) is 3.03. The first-order chi connectivity index (χ1) is 18.1. The SMILES string of the molecule is COc1ccc(N(C)c2cc(NC(CO)C(O)CNc3cc(NC4CCCCC4)ncn3)ncn2)cc1. The van der Waals surface area contributed by atoms with Crippen LogP contribution in [0.5, 0.6) is 5.75 Å². The zero-order valence-corrected chi connectivity index (χ0v) is 21.3. The van der Waals surface area contributed by atoms with Crippen molar-refractivity contribution in [2.75, 3.05) is 48.2 Å². The van der Waals surface area contributed by atoms with Crippen LogP contribution in [-0.4, -0.2) is 75.6 Å². The third kappa shape index (κ3) is 7.40. The Morgan fingerprint density at radius 3 is 2.41 bits per heavy atom. The zero-order chi connectivity index (χ0) is 26.0. The third-order valence-corrected chi connectivity index (χ3v) is 6.57. The monoisotopic (exact) mass is 508 g/mol. The molecule has 2 heterocycles. The van der Waals surface area contributed by atoms with E-state index < -0.39 is 12.1 Å². The molecule has 0 amide bonds. The molecule has 1 fully saturated rings. The van der Waals surface area contributed by atoms with Crippen LogP contribution in [0, 0.1) is 0 Å². The van der Waals surface area contributed by atoms with E-state index in [1.165, 1.54) is 31.9 Å². The molecule has 1 aromatic carbocycles. The van der Waals surface area contributed by atoms with Gasteiger partial charge < -0.3 is 35.8 Å². The van der Waals surface area contributed by atoms with Gasteiger partial charge in [-0.25, -0.2) is 19.9 Å². The summed E-state index contributed by atoms with van der Waals surface area (Å²) in [6.07, 6.45) is 8.10. The van der Waals surface area contributed by atoms with Crippen molar-refractivity contribution in [3.8, 4) is 5.75 Å². The van der Waals surface area contributed by atoms with Gasteiger partial charge in [0.2, 0.25) is 0 Å². The van der Waals surface area contributed by atoms with Crippen LogP contribution in [0.4, 0.5) is 29.0 Å². The van der Waals surface area contributed by atoms with Crippen LogP contribution in [0.1, 0.15) is 32.1 Å². The normalized spacial score (nSPS) is 15.5. The Hall–Kier alpha value is -3.70. The van der Waals surface area contributed by atoms with Crippen molar-refractivity contribution in [1.82, 2.24) is 19.9 Å². The highest BCUT2D eigenvalue weighted by Crippen LogP contribution is 2.25. The van der Waals surface area contributed by atoms with Gasteiger partial charge in [-0.2, -0.15) is 0 Å². The van der Waals surface area contributed by atoms with Gasteiger partial charge in [0.1, 0.15) is 41.7 Å². The number of aliphatic hydroxyl groups is 2. The first-order valence-electron chi connectivity index (χ1n) is 12.6. The first kappa shape index (κ1) is 26.4. The Kier molecular flexibility index (Phi) is 9.28. The Morgan fingerprint density at radius 2 is 1.68 bits per heavy atom. The van der Waals surface area contributed by atoms with Crippen molar-refractivity contribution < 1.29 is 14.9 Å². The fourth-order valence-electron chi connectivity index (χ4n) is 4.34. The van der Waals surface area contributed by atoms with Gasteiger partial charge in [-0.3, -0.25) is 0 Å². The number of hydrogen-bond acceptors (Lipinski definition) is 11. The smallest absolute Gasteiger partial charge is 0.138 e. The summed E-state index contributed by atoms with van der Waals surface area (Å²) < 4.78 is 5.22. The number of rotatable bonds is 12. The topological polar surface area (TPSA) is 141 Å². The Bertz CT molecular complexity index is 1110. The van der Waals surface area contributed by atoms with E-state index in [1.807, 2.05) is 42.3 Å². The van der Waals surface area contributed by atoms with Crippen LogP contribution >= 0.6 is 0 Å². The molecule has 0 bridgehead atoms. The van der Waals surface area contributed by atoms with E-state index in [9.17, 15) is 10.2 Å². The molecule has 2 atom stereocenters. The minimum Gasteiger partial charge on any atom is -0.497 e. The molecule has 1 aliphatic carbocycles. The summed E-state index contributed by atoms with van der Waals surface area (Å²) >= 11 is 0. The summed E-state index contributed by atoms with van der Waals surface area (Å²) in [5.41, 5.74) is 0.926. The van der Waals surface area contributed by atoms with Crippen LogP contribution in [-0.2, 0) is 0 Å². The summed E-state index contributed by atoms with van der Waals surface area (Å²) in [6.45, 7) is -0.101. The molecule has 0 aliphatic heterocycles. The maximum absolute atomic E-state index is 10.8. The van der Waals surface area contributed by atoms with E-state index in [0.29, 0.717) is 23.5 Å². The highest BCUT2D eigenvalue weighted by Gasteiger charge is 2.20. The maximum Gasteiger partial charge on any atom is 0.138 e. The van der Waals surface area contributed by atoms with Crippen molar-refractivity contribution in [2.24, 2.45) is 0 Å². The molecule has 3 aromatic rings. The largest absolute Gasteiger partial charge is 0.497 e. The lowest BCUT2D eigenvalue weighted by molar-refractivity contribution is 0.127. The van der Waals surface area contributed by atoms with Crippen LogP contribution in [0.15, 0.2) is 49.1 Å². The number of methoxy groups -OCH3 is 1. The van der Waals surface area contributed by atoms with Gasteiger partial charge in [0.25, 0.3) is 0 Å². The minimum absolute atomic E-state index is 0.182. The molecular weight excluding hydrogens is 472 g/mol. The van der Waals surface area contributed by atoms with Crippen molar-refractivity contribution >= 4 is 29.0 Å². The summed E-state index contributed by atoms with van der Waals surface area (Å²) in [4.78, 5) is 19.1. The van der Waals surface area contributed by atoms with Crippen LogP contribution < -0.4 is 25.6 Å². The second-order valence-corrected chi connectivity index (χ2v) is 9.17. The number of hydrogen-bond donors (Lipinski definition) is 5. The fourth-order valence-corrected chi connectivity index (χ4v) is 4.34. The minimum atomic E-state index is -0.910. The summed E-state index contributed by atoms with van der Waals surface area (Å²) in [5.74, 6) is 3.30.